The van der Waals surface area contributed by atoms with Crippen molar-refractivity contribution in [2.45, 2.75) is 45.6 Å². The molecule has 0 spiro atoms. The minimum absolute atomic E-state index is 0.0200. The molecule has 4 nitrogen and oxygen atoms in total. The predicted molar refractivity (Wildman–Crippen MR) is 75.4 cm³/mol. The van der Waals surface area contributed by atoms with Gasteiger partial charge < -0.3 is 9.67 Å². The zero-order valence-corrected chi connectivity index (χ0v) is 11.7. The monoisotopic (exact) mass is 262 g/mol. The molecule has 4 heteroatoms. The Morgan fingerprint density at radius 2 is 2.26 bits per heavy atom. The van der Waals surface area contributed by atoms with Crippen LogP contribution < -0.4 is 5.56 Å². The molecule has 0 saturated heterocycles. The molecule has 0 fully saturated rings. The lowest BCUT2D eigenvalue weighted by Crippen LogP contribution is -2.34. The van der Waals surface area contributed by atoms with Crippen molar-refractivity contribution in [2.75, 3.05) is 6.61 Å². The maximum Gasteiger partial charge on any atom is 0.272 e. The highest BCUT2D eigenvalue weighted by Gasteiger charge is 2.28. The number of aliphatic hydroxyl groups excluding tert-OH is 1. The summed E-state index contributed by atoms with van der Waals surface area (Å²) >= 11 is 0. The van der Waals surface area contributed by atoms with Crippen LogP contribution in [-0.4, -0.2) is 21.3 Å². The summed E-state index contributed by atoms with van der Waals surface area (Å²) in [7, 11) is 0. The van der Waals surface area contributed by atoms with Crippen LogP contribution in [0.5, 0.6) is 0 Å². The molecule has 0 radical (unpaired) electrons. The van der Waals surface area contributed by atoms with Gasteiger partial charge in [0.2, 0.25) is 0 Å². The summed E-state index contributed by atoms with van der Waals surface area (Å²) in [4.78, 5) is 16.9. The highest BCUT2D eigenvalue weighted by molar-refractivity contribution is 5.24. The maximum absolute atomic E-state index is 12.4. The first-order valence-corrected chi connectivity index (χ1v) is 6.94. The van der Waals surface area contributed by atoms with Gasteiger partial charge in [0, 0.05) is 24.6 Å². The number of allylic oxidation sites excluding steroid dienone is 1. The van der Waals surface area contributed by atoms with Crippen molar-refractivity contribution in [2.24, 2.45) is 5.92 Å². The molecule has 1 aliphatic carbocycles. The van der Waals surface area contributed by atoms with Crippen LogP contribution in [-0.2, 0) is 19.4 Å². The van der Waals surface area contributed by atoms with Crippen LogP contribution in [0, 0.1) is 5.92 Å². The van der Waals surface area contributed by atoms with Crippen LogP contribution in [0.1, 0.15) is 43.3 Å². The molecule has 1 aliphatic rings. The van der Waals surface area contributed by atoms with Crippen LogP contribution >= 0.6 is 0 Å². The Hall–Kier alpha value is -1.42. The molecule has 0 bridgehead atoms. The summed E-state index contributed by atoms with van der Waals surface area (Å²) in [6.07, 6.45) is 4.13. The summed E-state index contributed by atoms with van der Waals surface area (Å²) in [5, 5.41) is 9.18. The van der Waals surface area contributed by atoms with E-state index >= 15 is 0 Å². The minimum Gasteiger partial charge on any atom is -0.395 e. The molecule has 1 aromatic heterocycles. The van der Waals surface area contributed by atoms with Crippen molar-refractivity contribution in [3.8, 4) is 0 Å². The zero-order chi connectivity index (χ0) is 14.0. The van der Waals surface area contributed by atoms with Gasteiger partial charge in [-0.15, -0.1) is 6.58 Å². The third-order valence-electron chi connectivity index (χ3n) is 4.15. The van der Waals surface area contributed by atoms with Gasteiger partial charge >= 0.3 is 0 Å². The third-order valence-corrected chi connectivity index (χ3v) is 4.15. The molecule has 19 heavy (non-hydrogen) atoms. The van der Waals surface area contributed by atoms with E-state index in [0.717, 1.165) is 24.2 Å². The average molecular weight is 262 g/mol. The van der Waals surface area contributed by atoms with Gasteiger partial charge in [-0.1, -0.05) is 19.9 Å². The average Bonchev–Trinajstić information content (AvgIpc) is 2.39. The smallest absolute Gasteiger partial charge is 0.272 e. The summed E-state index contributed by atoms with van der Waals surface area (Å²) < 4.78 is 1.71. The molecule has 0 amide bonds. The van der Waals surface area contributed by atoms with Gasteiger partial charge in [0.25, 0.3) is 5.56 Å². The van der Waals surface area contributed by atoms with Gasteiger partial charge in [-0.25, -0.2) is 4.98 Å². The van der Waals surface area contributed by atoms with Crippen molar-refractivity contribution in [3.05, 3.63) is 40.1 Å². The van der Waals surface area contributed by atoms with E-state index in [1.807, 2.05) is 0 Å². The van der Waals surface area contributed by atoms with Gasteiger partial charge in [0.15, 0.2) is 0 Å². The zero-order valence-electron chi connectivity index (χ0n) is 11.7. The molecule has 0 aliphatic heterocycles. The van der Waals surface area contributed by atoms with Crippen molar-refractivity contribution in [1.29, 1.82) is 0 Å². The van der Waals surface area contributed by atoms with Crippen LogP contribution in [0.4, 0.5) is 0 Å². The second-order valence-electron chi connectivity index (χ2n) is 5.37. The molecule has 104 valence electrons. The normalized spacial score (nSPS) is 22.1. The van der Waals surface area contributed by atoms with Gasteiger partial charge in [0.1, 0.15) is 5.69 Å². The fourth-order valence-corrected chi connectivity index (χ4v) is 2.79. The Kier molecular flexibility index (Phi) is 4.20. The Labute approximate surface area is 113 Å². The number of fused-ring (bicyclic) bond motifs is 1. The van der Waals surface area contributed by atoms with Crippen LogP contribution in [0.15, 0.2) is 17.4 Å². The van der Waals surface area contributed by atoms with Gasteiger partial charge in [0.05, 0.1) is 12.3 Å². The standard InChI is InChI=1S/C15H22N2O2/c1-4-5-12-15(19)17(8-9-18)13-7-6-10(2)11(3)14(13)16-12/h4,10-11,18H,1,5-9H2,2-3H3. The number of nitrogens with zero attached hydrogens (tertiary/aromatic N) is 2. The quantitative estimate of drug-likeness (QED) is 0.839. The largest absolute Gasteiger partial charge is 0.395 e. The second-order valence-corrected chi connectivity index (χ2v) is 5.37. The topological polar surface area (TPSA) is 55.1 Å². The lowest BCUT2D eigenvalue weighted by Gasteiger charge is -2.30. The van der Waals surface area contributed by atoms with E-state index in [4.69, 9.17) is 0 Å². The first kappa shape index (κ1) is 14.0. The number of hydrogen-bond acceptors (Lipinski definition) is 3. The predicted octanol–water partition coefficient (Wildman–Crippen LogP) is 1.65. The van der Waals surface area contributed by atoms with E-state index in [1.165, 1.54) is 0 Å². The molecule has 2 rings (SSSR count). The molecular weight excluding hydrogens is 240 g/mol. The van der Waals surface area contributed by atoms with E-state index in [9.17, 15) is 9.90 Å². The Morgan fingerprint density at radius 3 is 2.89 bits per heavy atom. The van der Waals surface area contributed by atoms with Gasteiger partial charge in [-0.3, -0.25) is 4.79 Å². The van der Waals surface area contributed by atoms with Crippen LogP contribution in [0.3, 0.4) is 0 Å². The van der Waals surface area contributed by atoms with Crippen LogP contribution in [0.2, 0.25) is 0 Å². The Morgan fingerprint density at radius 1 is 1.53 bits per heavy atom. The molecule has 0 aromatic carbocycles. The Bertz CT molecular complexity index is 534. The SMILES string of the molecule is C=CCc1nc2c(n(CCO)c1=O)CCC(C)C2C. The summed E-state index contributed by atoms with van der Waals surface area (Å²) in [6, 6.07) is 0. The van der Waals surface area contributed by atoms with Crippen molar-refractivity contribution in [3.63, 3.8) is 0 Å². The summed E-state index contributed by atoms with van der Waals surface area (Å²) in [5.41, 5.74) is 2.51. The lowest BCUT2D eigenvalue weighted by atomic mass is 9.81. The summed E-state index contributed by atoms with van der Waals surface area (Å²) in [5.74, 6) is 0.939. The second kappa shape index (κ2) is 5.70. The van der Waals surface area contributed by atoms with E-state index in [2.05, 4.69) is 25.4 Å². The van der Waals surface area contributed by atoms with E-state index < -0.39 is 0 Å². The number of aliphatic hydroxyl groups is 1. The van der Waals surface area contributed by atoms with Crippen LogP contribution in [0.25, 0.3) is 0 Å². The van der Waals surface area contributed by atoms with Crippen molar-refractivity contribution in [1.82, 2.24) is 9.55 Å². The van der Waals surface area contributed by atoms with Crippen molar-refractivity contribution >= 4 is 0 Å². The van der Waals surface area contributed by atoms with Gasteiger partial charge in [-0.2, -0.15) is 0 Å². The fraction of sp³-hybridized carbons (Fsp3) is 0.600. The minimum atomic E-state index is -0.0746. The number of aromatic nitrogens is 2. The highest BCUT2D eigenvalue weighted by atomic mass is 16.3. The molecule has 1 N–H and O–H groups in total. The molecular formula is C15H22N2O2. The molecule has 2 atom stereocenters. The number of hydrogen-bond donors (Lipinski definition) is 1. The molecule has 2 unspecified atom stereocenters. The third kappa shape index (κ3) is 2.50. The van der Waals surface area contributed by atoms with E-state index in [0.29, 0.717) is 30.5 Å². The first-order chi connectivity index (χ1) is 9.10. The maximum atomic E-state index is 12.4. The van der Waals surface area contributed by atoms with Crippen molar-refractivity contribution < 1.29 is 5.11 Å². The summed E-state index contributed by atoms with van der Waals surface area (Å²) in [6.45, 7) is 8.41. The molecule has 0 saturated carbocycles. The van der Waals surface area contributed by atoms with E-state index in [-0.39, 0.29) is 12.2 Å². The highest BCUT2D eigenvalue weighted by Crippen LogP contribution is 2.33. The number of rotatable bonds is 4. The first-order valence-electron chi connectivity index (χ1n) is 6.94. The Balaban J connectivity index is 2.62. The lowest BCUT2D eigenvalue weighted by molar-refractivity contribution is 0.268. The molecule has 1 aromatic rings. The fourth-order valence-electron chi connectivity index (χ4n) is 2.79. The van der Waals surface area contributed by atoms with E-state index in [1.54, 1.807) is 10.6 Å². The van der Waals surface area contributed by atoms with Gasteiger partial charge in [-0.05, 0) is 18.8 Å². The molecule has 1 heterocycles.